The molecule has 7 nitrogen and oxygen atoms in total. The molecule has 0 aliphatic heterocycles. The fraction of sp³-hybridized carbons (Fsp3) is 0.109. The molecule has 722 valence electrons. The van der Waals surface area contributed by atoms with Crippen LogP contribution in [0.25, 0.3) is 4.85 Å². The van der Waals surface area contributed by atoms with Crippen LogP contribution in [0.15, 0.2) is 607 Å². The van der Waals surface area contributed by atoms with Gasteiger partial charge in [-0.15, -0.1) is 0 Å². The molecule has 0 fully saturated rings. The maximum atomic E-state index is 14.1. The third-order valence-corrected chi connectivity index (χ3v) is 28.9. The maximum absolute atomic E-state index is 14.1. The summed E-state index contributed by atoms with van der Waals surface area (Å²) in [4.78, 5) is 18.4. The Morgan fingerprint density at radius 2 is 0.395 bits per heavy atom. The lowest BCUT2D eigenvalue weighted by Gasteiger charge is -2.55. The zero-order valence-corrected chi connectivity index (χ0v) is 85.9. The minimum atomic E-state index is -2.17. The van der Waals surface area contributed by atoms with E-state index in [1.54, 1.807) is 0 Å². The molecule has 0 atom stereocenters. The third-order valence-electron chi connectivity index (χ3n) is 27.1. The van der Waals surface area contributed by atoms with Gasteiger partial charge in [-0.05, 0) is 134 Å². The molecular formula is C138H122N2O5Si2. The molecule has 0 unspecified atom stereocenters. The quantitative estimate of drug-likeness (QED) is 0.0209. The van der Waals surface area contributed by atoms with E-state index in [0.29, 0.717) is 27.8 Å². The molecule has 0 aliphatic rings. The smallest absolute Gasteiger partial charge is 0.309 e. The second kappa shape index (κ2) is 48.1. The van der Waals surface area contributed by atoms with Crippen LogP contribution in [0.4, 0.5) is 0 Å². The van der Waals surface area contributed by atoms with Gasteiger partial charge in [-0.2, -0.15) is 5.26 Å². The maximum Gasteiger partial charge on any atom is 0.309 e. The number of carbonyl (C=O) groups excluding carboxylic acids is 1. The largest absolute Gasteiger partial charge is 0.401 e. The molecule has 0 aromatic heterocycles. The lowest BCUT2D eigenvalue weighted by molar-refractivity contribution is -0.113. The minimum absolute atomic E-state index is 0.0756. The second-order valence-corrected chi connectivity index (χ2v) is 47.3. The average Bonchev–Trinajstić information content (AvgIpc) is 0.680. The SMILES string of the molecule is C[Si](C)(C)OC(c1ccccc1)(c1ccccc1)C(O[Si](C)(C)C)(c1ccccc1)c1ccccc1.O=C(c1ccccc1)C(c1ccccc1)(c1ccccc1)c1ccccc1.OC(c1ccccc1)(c1ccccc1)C(O)(c1ccccc1)c1ccccc1.[C-]#[N+]C(c1ccccc1)(c1ccccc1)C(C#N)(c1ccccc1)c1ccccc1.c1ccc(C(c2ccccc2)C(c2ccccc2)c2ccccc2)cc1. The van der Waals surface area contributed by atoms with E-state index in [4.69, 9.17) is 15.4 Å². The van der Waals surface area contributed by atoms with Gasteiger partial charge in [0.1, 0.15) is 16.6 Å². The van der Waals surface area contributed by atoms with Gasteiger partial charge in [0, 0.05) is 28.5 Å². The number of hydrogen-bond acceptors (Lipinski definition) is 6. The summed E-state index contributed by atoms with van der Waals surface area (Å²) in [6.07, 6.45) is 0. The van der Waals surface area contributed by atoms with Crippen LogP contribution in [0.2, 0.25) is 39.3 Å². The molecule has 20 rings (SSSR count). The van der Waals surface area contributed by atoms with Gasteiger partial charge in [-0.25, -0.2) is 6.57 Å². The van der Waals surface area contributed by atoms with Crippen LogP contribution >= 0.6 is 0 Å². The average molecular weight is 1940 g/mol. The summed E-state index contributed by atoms with van der Waals surface area (Å²) in [5.74, 6) is 0.608. The number of ketones is 1. The number of Topliss-reactive ketones (excluding diaryl/α,β-unsaturated/α-hetero) is 1. The van der Waals surface area contributed by atoms with E-state index in [0.717, 1.165) is 61.2 Å². The van der Waals surface area contributed by atoms with Crippen LogP contribution in [0.5, 0.6) is 0 Å². The van der Waals surface area contributed by atoms with E-state index in [1.807, 2.05) is 364 Å². The van der Waals surface area contributed by atoms with Crippen molar-refractivity contribution in [2.45, 2.75) is 89.9 Å². The van der Waals surface area contributed by atoms with E-state index in [-0.39, 0.29) is 17.6 Å². The Hall–Kier alpha value is -16.7. The Labute approximate surface area is 870 Å². The number of aliphatic hydroxyl groups is 2. The van der Waals surface area contributed by atoms with Crippen LogP contribution in [-0.2, 0) is 47.6 Å². The van der Waals surface area contributed by atoms with Gasteiger partial charge in [0.15, 0.2) is 39.0 Å². The van der Waals surface area contributed by atoms with Crippen LogP contribution in [-0.4, -0.2) is 32.6 Å². The fourth-order valence-corrected chi connectivity index (χ4v) is 23.5. The van der Waals surface area contributed by atoms with Crippen molar-refractivity contribution >= 4 is 22.4 Å². The summed E-state index contributed by atoms with van der Waals surface area (Å²) >= 11 is 0. The zero-order valence-electron chi connectivity index (χ0n) is 83.9. The van der Waals surface area contributed by atoms with Crippen molar-refractivity contribution in [2.24, 2.45) is 0 Å². The van der Waals surface area contributed by atoms with Crippen LogP contribution in [0.1, 0.15) is 128 Å². The first-order valence-electron chi connectivity index (χ1n) is 50.1. The molecule has 9 heteroatoms. The molecular weight excluding hydrogens is 1820 g/mol. The van der Waals surface area contributed by atoms with Crippen molar-refractivity contribution in [1.29, 1.82) is 5.26 Å². The molecule has 0 spiro atoms. The van der Waals surface area contributed by atoms with Crippen molar-refractivity contribution in [3.63, 3.8) is 0 Å². The molecule has 20 aromatic carbocycles. The molecule has 0 saturated heterocycles. The van der Waals surface area contributed by atoms with Gasteiger partial charge in [-0.3, -0.25) is 9.64 Å². The summed E-state index contributed by atoms with van der Waals surface area (Å²) < 4.78 is 15.1. The van der Waals surface area contributed by atoms with Crippen molar-refractivity contribution < 1.29 is 23.9 Å². The highest BCUT2D eigenvalue weighted by molar-refractivity contribution is 6.70. The highest BCUT2D eigenvalue weighted by Crippen LogP contribution is 2.59. The van der Waals surface area contributed by atoms with Gasteiger partial charge in [-0.1, -0.05) is 607 Å². The Kier molecular flexibility index (Phi) is 33.8. The predicted molar refractivity (Wildman–Crippen MR) is 607 cm³/mol. The Bertz CT molecular complexity index is 6690. The third kappa shape index (κ3) is 22.1. The molecule has 0 heterocycles. The van der Waals surface area contributed by atoms with E-state index in [9.17, 15) is 20.3 Å². The highest BCUT2D eigenvalue weighted by Gasteiger charge is 2.64. The second-order valence-electron chi connectivity index (χ2n) is 38.4. The highest BCUT2D eigenvalue weighted by atomic mass is 28.4. The summed E-state index contributed by atoms with van der Waals surface area (Å²) in [5.41, 5.74) is 10.3. The number of nitriles is 1. The topological polar surface area (TPSA) is 104 Å². The minimum Gasteiger partial charge on any atom is -0.401 e. The van der Waals surface area contributed by atoms with Crippen molar-refractivity contribution in [3.05, 3.63) is 729 Å². The lowest BCUT2D eigenvalue weighted by atomic mass is 9.57. The van der Waals surface area contributed by atoms with Gasteiger partial charge in [0.25, 0.3) is 0 Å². The van der Waals surface area contributed by atoms with Crippen molar-refractivity contribution in [2.75, 3.05) is 0 Å². The standard InChI is InChI=1S/C32H38O2Si2.C28H20N2.C26H22O2.C26H20O.C26H22/c1-35(2,3)33-31(27-19-11-7-12-20-27,28-21-13-8-14-22-28)32(34-36(4,5)6,29-23-15-9-16-24-29)30-25-17-10-18-26-30;1-30-28(25-18-10-4-11-19-25,26-20-12-5-13-21-26)27(22-29,23-14-6-2-7-15-23)24-16-8-3-9-17-24;27-25(21-13-5-1-6-14-21,22-15-7-2-8-16-22)26(28,23-17-9-3-10-18-23)24-19-11-4-12-20-24;27-25(21-13-5-1-6-14-21)26(22-15-7-2-8-16-22,23-17-9-3-10-18-23)24-19-11-4-12-20-24;1-5-13-21(14-6-1)25(22-15-7-2-8-16-22)26(23-17-9-3-10-18-23)24-19-11-4-12-20-24/h7-26H,1-6H3;2-21H;1-20,27-28H;1-20H;1-20,25-26H. The van der Waals surface area contributed by atoms with Crippen LogP contribution < -0.4 is 0 Å². The first-order chi connectivity index (χ1) is 71.8. The van der Waals surface area contributed by atoms with Crippen molar-refractivity contribution in [1.82, 2.24) is 0 Å². The summed E-state index contributed by atoms with van der Waals surface area (Å²) in [5, 5.41) is 35.5. The molecule has 20 aromatic rings. The number of carbonyl (C=O) groups is 1. The van der Waals surface area contributed by atoms with Gasteiger partial charge < -0.3 is 19.1 Å². The number of hydrogen-bond donors (Lipinski definition) is 2. The first kappa shape index (κ1) is 103. The van der Waals surface area contributed by atoms with Crippen LogP contribution in [0, 0.1) is 17.9 Å². The summed E-state index contributed by atoms with van der Waals surface area (Å²) in [6, 6.07) is 205. The Morgan fingerprint density at radius 1 is 0.238 bits per heavy atom. The molecule has 2 N–H and O–H groups in total. The number of benzene rings is 20. The van der Waals surface area contributed by atoms with E-state index < -0.39 is 55.4 Å². The van der Waals surface area contributed by atoms with Gasteiger partial charge in [0.2, 0.25) is 0 Å². The molecule has 0 bridgehead atoms. The van der Waals surface area contributed by atoms with E-state index >= 15 is 0 Å². The predicted octanol–water partition coefficient (Wildman–Crippen LogP) is 32.3. The Balaban J connectivity index is 0.000000132. The monoisotopic (exact) mass is 1940 g/mol. The lowest BCUT2D eigenvalue weighted by Crippen LogP contribution is -2.60. The molecule has 147 heavy (non-hydrogen) atoms. The molecule has 0 aliphatic carbocycles. The van der Waals surface area contributed by atoms with Crippen molar-refractivity contribution in [3.8, 4) is 6.07 Å². The Morgan fingerprint density at radius 3 is 0.571 bits per heavy atom. The molecule has 0 amide bonds. The molecule has 0 saturated carbocycles. The van der Waals surface area contributed by atoms with Crippen LogP contribution in [0.3, 0.4) is 0 Å². The zero-order chi connectivity index (χ0) is 102. The first-order valence-corrected chi connectivity index (χ1v) is 56.9. The summed E-state index contributed by atoms with van der Waals surface area (Å²) in [6.45, 7) is 22.1. The van der Waals surface area contributed by atoms with E-state index in [2.05, 4.69) is 293 Å². The number of nitrogens with zero attached hydrogens (tertiary/aromatic N) is 2. The number of rotatable bonds is 29. The van der Waals surface area contributed by atoms with Gasteiger partial charge in [0.05, 0.1) is 6.07 Å². The molecule has 0 radical (unpaired) electrons. The van der Waals surface area contributed by atoms with Gasteiger partial charge >= 0.3 is 5.54 Å². The fourth-order valence-electron chi connectivity index (χ4n) is 20.9. The normalized spacial score (nSPS) is 11.7. The van der Waals surface area contributed by atoms with E-state index in [1.165, 1.54) is 22.3 Å². The summed E-state index contributed by atoms with van der Waals surface area (Å²) in [7, 11) is -4.35.